The van der Waals surface area contributed by atoms with E-state index in [1.165, 1.54) is 21.3 Å². The molecule has 4 rings (SSSR count). The summed E-state index contributed by atoms with van der Waals surface area (Å²) in [5.41, 5.74) is 14.0. The molecule has 3 aromatic rings. The summed E-state index contributed by atoms with van der Waals surface area (Å²) >= 11 is 1.10. The molecule has 0 spiro atoms. The van der Waals surface area contributed by atoms with E-state index in [-0.39, 0.29) is 34.5 Å². The Hall–Kier alpha value is -4.44. The van der Waals surface area contributed by atoms with Gasteiger partial charge in [-0.05, 0) is 24.6 Å². The van der Waals surface area contributed by atoms with Crippen LogP contribution in [0, 0.1) is 11.3 Å². The zero-order valence-corrected chi connectivity index (χ0v) is 22.3. The van der Waals surface area contributed by atoms with Gasteiger partial charge in [0.2, 0.25) is 5.75 Å². The molecule has 0 radical (unpaired) electrons. The SMILES string of the molecule is CCOC(=O)N1CCN(C(=O)c2sc3nc(N)c(C#N)c(-c4cc(OC)c(OC)c(OC)c4)c3c2N)CC1. The number of hydrogen-bond acceptors (Lipinski definition) is 11. The number of nitrogens with zero attached hydrogens (tertiary/aromatic N) is 4. The highest BCUT2D eigenvalue weighted by molar-refractivity contribution is 7.21. The van der Waals surface area contributed by atoms with Crippen molar-refractivity contribution in [1.29, 1.82) is 5.26 Å². The molecule has 200 valence electrons. The standard InChI is InChI=1S/C25H28N6O6S/c1-5-37-25(33)31-8-6-30(7-9-31)24(32)21-19(27)18-17(14(12-26)22(28)29-23(18)38-21)13-10-15(34-2)20(36-4)16(11-13)35-3/h10-11H,5-9,27H2,1-4H3,(H2,28,29). The topological polar surface area (TPSA) is 166 Å². The summed E-state index contributed by atoms with van der Waals surface area (Å²) in [5.74, 6) is 0.846. The molecule has 2 amide bonds. The Morgan fingerprint density at radius 2 is 1.66 bits per heavy atom. The van der Waals surface area contributed by atoms with Crippen molar-refractivity contribution in [2.24, 2.45) is 0 Å². The molecule has 2 aromatic heterocycles. The number of carbonyl (C=O) groups is 2. The van der Waals surface area contributed by atoms with Crippen LogP contribution in [-0.4, -0.2) is 80.9 Å². The molecule has 12 nitrogen and oxygen atoms in total. The highest BCUT2D eigenvalue weighted by Gasteiger charge is 2.30. The summed E-state index contributed by atoms with van der Waals surface area (Å²) in [4.78, 5) is 33.8. The van der Waals surface area contributed by atoms with Crippen LogP contribution in [0.4, 0.5) is 16.3 Å². The number of methoxy groups -OCH3 is 3. The number of nitrogen functional groups attached to an aromatic ring is 2. The van der Waals surface area contributed by atoms with E-state index in [1.807, 2.05) is 0 Å². The second-order valence-corrected chi connectivity index (χ2v) is 9.28. The van der Waals surface area contributed by atoms with E-state index in [9.17, 15) is 14.9 Å². The van der Waals surface area contributed by atoms with Gasteiger partial charge in [-0.1, -0.05) is 0 Å². The predicted octanol–water partition coefficient (Wildman–Crippen LogP) is 2.94. The Morgan fingerprint density at radius 3 is 2.18 bits per heavy atom. The first-order chi connectivity index (χ1) is 18.3. The van der Waals surface area contributed by atoms with Crippen LogP contribution in [0.2, 0.25) is 0 Å². The molecule has 1 aliphatic heterocycles. The lowest BCUT2D eigenvalue weighted by molar-refractivity contribution is 0.0575. The van der Waals surface area contributed by atoms with E-state index in [1.54, 1.807) is 28.9 Å². The first-order valence-electron chi connectivity index (χ1n) is 11.7. The first kappa shape index (κ1) is 26.6. The molecular formula is C25H28N6O6S. The number of nitriles is 1. The van der Waals surface area contributed by atoms with Crippen molar-refractivity contribution in [3.8, 4) is 34.4 Å². The Morgan fingerprint density at radius 1 is 1.05 bits per heavy atom. The molecule has 0 saturated carbocycles. The van der Waals surface area contributed by atoms with Gasteiger partial charge in [0.15, 0.2) is 11.5 Å². The van der Waals surface area contributed by atoms with Gasteiger partial charge in [0.25, 0.3) is 5.91 Å². The molecule has 38 heavy (non-hydrogen) atoms. The number of piperazine rings is 1. The quantitative estimate of drug-likeness (QED) is 0.474. The lowest BCUT2D eigenvalue weighted by Gasteiger charge is -2.33. The lowest BCUT2D eigenvalue weighted by Crippen LogP contribution is -2.50. The summed E-state index contributed by atoms with van der Waals surface area (Å²) in [7, 11) is 4.46. The molecule has 0 bridgehead atoms. The molecule has 1 saturated heterocycles. The van der Waals surface area contributed by atoms with Crippen molar-refractivity contribution in [2.75, 3.05) is 65.6 Å². The van der Waals surface area contributed by atoms with Gasteiger partial charge < -0.3 is 40.2 Å². The summed E-state index contributed by atoms with van der Waals surface area (Å²) in [6.07, 6.45) is -0.403. The minimum absolute atomic E-state index is 0.00653. The van der Waals surface area contributed by atoms with E-state index in [0.29, 0.717) is 64.8 Å². The second-order valence-electron chi connectivity index (χ2n) is 8.28. The van der Waals surface area contributed by atoms with Gasteiger partial charge in [-0.2, -0.15) is 5.26 Å². The van der Waals surface area contributed by atoms with Crippen LogP contribution in [0.3, 0.4) is 0 Å². The fourth-order valence-electron chi connectivity index (χ4n) is 4.41. The van der Waals surface area contributed by atoms with Crippen molar-refractivity contribution in [3.05, 3.63) is 22.6 Å². The van der Waals surface area contributed by atoms with Gasteiger partial charge in [0.05, 0.1) is 33.6 Å². The van der Waals surface area contributed by atoms with E-state index < -0.39 is 6.09 Å². The fourth-order valence-corrected chi connectivity index (χ4v) is 5.49. The Kier molecular flexibility index (Phi) is 7.63. The van der Waals surface area contributed by atoms with E-state index in [4.69, 9.17) is 30.4 Å². The van der Waals surface area contributed by atoms with Gasteiger partial charge in [0.1, 0.15) is 27.2 Å². The molecule has 3 heterocycles. The van der Waals surface area contributed by atoms with Crippen molar-refractivity contribution < 1.29 is 28.5 Å². The average Bonchev–Trinajstić information content (AvgIpc) is 3.26. The highest BCUT2D eigenvalue weighted by atomic mass is 32.1. The summed E-state index contributed by atoms with van der Waals surface area (Å²) in [6.45, 7) is 3.36. The average molecular weight is 541 g/mol. The number of thiophene rings is 1. The van der Waals surface area contributed by atoms with Crippen LogP contribution in [0.15, 0.2) is 12.1 Å². The molecular weight excluding hydrogens is 512 g/mol. The number of nitrogens with two attached hydrogens (primary N) is 2. The van der Waals surface area contributed by atoms with Gasteiger partial charge in [0, 0.05) is 37.1 Å². The third-order valence-corrected chi connectivity index (χ3v) is 7.34. The van der Waals surface area contributed by atoms with Gasteiger partial charge in [-0.15, -0.1) is 11.3 Å². The number of hydrogen-bond donors (Lipinski definition) is 2. The summed E-state index contributed by atoms with van der Waals surface area (Å²) in [5, 5.41) is 10.4. The van der Waals surface area contributed by atoms with E-state index >= 15 is 0 Å². The number of aromatic nitrogens is 1. The van der Waals surface area contributed by atoms with Crippen LogP contribution < -0.4 is 25.7 Å². The monoisotopic (exact) mass is 540 g/mol. The first-order valence-corrected chi connectivity index (χ1v) is 12.5. The molecule has 1 fully saturated rings. The lowest BCUT2D eigenvalue weighted by atomic mass is 9.96. The number of rotatable bonds is 6. The van der Waals surface area contributed by atoms with Gasteiger partial charge in [-0.25, -0.2) is 9.78 Å². The second kappa shape index (κ2) is 10.9. The number of ether oxygens (including phenoxy) is 4. The van der Waals surface area contributed by atoms with Crippen LogP contribution in [0.25, 0.3) is 21.3 Å². The van der Waals surface area contributed by atoms with Crippen LogP contribution >= 0.6 is 11.3 Å². The maximum atomic E-state index is 13.5. The van der Waals surface area contributed by atoms with Crippen LogP contribution in [-0.2, 0) is 4.74 Å². The number of pyridine rings is 1. The Labute approximate surface area is 223 Å². The molecule has 1 aromatic carbocycles. The van der Waals surface area contributed by atoms with Crippen molar-refractivity contribution in [3.63, 3.8) is 0 Å². The minimum Gasteiger partial charge on any atom is -0.493 e. The predicted molar refractivity (Wildman–Crippen MR) is 143 cm³/mol. The number of carbonyl (C=O) groups excluding carboxylic acids is 2. The van der Waals surface area contributed by atoms with Gasteiger partial charge >= 0.3 is 6.09 Å². The third kappa shape index (κ3) is 4.54. The summed E-state index contributed by atoms with van der Waals surface area (Å²) < 4.78 is 21.5. The number of amides is 2. The highest BCUT2D eigenvalue weighted by Crippen LogP contribution is 2.47. The molecule has 4 N–H and O–H groups in total. The maximum absolute atomic E-state index is 13.5. The summed E-state index contributed by atoms with van der Waals surface area (Å²) in [6, 6.07) is 5.49. The molecule has 13 heteroatoms. The smallest absolute Gasteiger partial charge is 0.409 e. The van der Waals surface area contributed by atoms with Crippen LogP contribution in [0.1, 0.15) is 22.2 Å². The third-order valence-electron chi connectivity index (χ3n) is 6.26. The van der Waals surface area contributed by atoms with E-state index in [2.05, 4.69) is 11.1 Å². The van der Waals surface area contributed by atoms with Crippen molar-refractivity contribution in [2.45, 2.75) is 6.92 Å². The van der Waals surface area contributed by atoms with Gasteiger partial charge in [-0.3, -0.25) is 4.79 Å². The fraction of sp³-hybridized carbons (Fsp3) is 0.360. The Balaban J connectivity index is 1.81. The normalized spacial score (nSPS) is 13.2. The number of benzene rings is 1. The number of anilines is 2. The molecule has 0 unspecified atom stereocenters. The molecule has 0 aliphatic carbocycles. The Bertz CT molecular complexity index is 1420. The largest absolute Gasteiger partial charge is 0.493 e. The van der Waals surface area contributed by atoms with Crippen molar-refractivity contribution >= 4 is 45.1 Å². The van der Waals surface area contributed by atoms with Crippen LogP contribution in [0.5, 0.6) is 17.2 Å². The van der Waals surface area contributed by atoms with E-state index in [0.717, 1.165) is 11.3 Å². The minimum atomic E-state index is -0.403. The van der Waals surface area contributed by atoms with Crippen molar-refractivity contribution in [1.82, 2.24) is 14.8 Å². The zero-order valence-electron chi connectivity index (χ0n) is 21.5. The maximum Gasteiger partial charge on any atom is 0.409 e. The number of fused-ring (bicyclic) bond motifs is 1. The molecule has 0 atom stereocenters. The molecule has 1 aliphatic rings. The zero-order chi connectivity index (χ0) is 27.6.